The molecule has 4 aromatic rings. The smallest absolute Gasteiger partial charge is 0.254 e. The van der Waals surface area contributed by atoms with Gasteiger partial charge < -0.3 is 15.5 Å². The molecule has 8 nitrogen and oxygen atoms in total. The Hall–Kier alpha value is -3.94. The first kappa shape index (κ1) is 20.7. The number of aromatic nitrogens is 4. The van der Waals surface area contributed by atoms with Gasteiger partial charge >= 0.3 is 0 Å². The van der Waals surface area contributed by atoms with Crippen LogP contribution in [0.3, 0.4) is 0 Å². The van der Waals surface area contributed by atoms with E-state index in [0.717, 1.165) is 58.7 Å². The van der Waals surface area contributed by atoms with Crippen molar-refractivity contribution in [1.82, 2.24) is 24.9 Å². The molecule has 2 N–H and O–H groups in total. The van der Waals surface area contributed by atoms with E-state index in [-0.39, 0.29) is 5.91 Å². The van der Waals surface area contributed by atoms with E-state index in [1.807, 2.05) is 36.5 Å². The number of rotatable bonds is 5. The average Bonchev–Trinajstić information content (AvgIpc) is 3.49. The summed E-state index contributed by atoms with van der Waals surface area (Å²) in [5.41, 5.74) is 6.08. The van der Waals surface area contributed by atoms with E-state index < -0.39 is 0 Å². The molecule has 0 bridgehead atoms. The van der Waals surface area contributed by atoms with E-state index in [1.54, 1.807) is 16.9 Å². The quantitative estimate of drug-likeness (QED) is 0.466. The van der Waals surface area contributed by atoms with Gasteiger partial charge in [-0.25, -0.2) is 14.5 Å². The van der Waals surface area contributed by atoms with Crippen LogP contribution in [0.4, 0.5) is 17.2 Å². The second-order valence-electron chi connectivity index (χ2n) is 9.00. The molecule has 172 valence electrons. The van der Waals surface area contributed by atoms with E-state index in [1.165, 1.54) is 19.3 Å². The van der Waals surface area contributed by atoms with E-state index in [0.29, 0.717) is 12.1 Å². The Morgan fingerprint density at radius 2 is 1.97 bits per heavy atom. The van der Waals surface area contributed by atoms with E-state index >= 15 is 0 Å². The van der Waals surface area contributed by atoms with Crippen molar-refractivity contribution in [3.05, 3.63) is 66.1 Å². The topological polar surface area (TPSA) is 87.4 Å². The largest absolute Gasteiger partial charge is 0.370 e. The SMILES string of the molecule is CCC1CCN(c2ccc(Nc3ccc(-c4cnc5cccnn45)c4c3C(=O)NC4)nc2)CC1. The highest BCUT2D eigenvalue weighted by Crippen LogP contribution is 2.35. The zero-order valence-corrected chi connectivity index (χ0v) is 19.2. The predicted molar refractivity (Wildman–Crippen MR) is 132 cm³/mol. The standard InChI is InChI=1S/C26H27N7O/c1-2-17-9-12-32(13-10-17)18-5-8-23(27-14-18)31-21-7-6-19(20-15-29-26(34)25(20)21)22-16-28-24-4-3-11-30-33(22)24/h3-8,11,14,16-17H,2,9-10,12-13,15H2,1H3,(H,27,31)(H,29,34). The van der Waals surface area contributed by atoms with Gasteiger partial charge in [-0.2, -0.15) is 5.10 Å². The van der Waals surface area contributed by atoms with E-state index in [2.05, 4.69) is 43.6 Å². The van der Waals surface area contributed by atoms with Gasteiger partial charge in [-0.15, -0.1) is 0 Å². The Balaban J connectivity index is 1.28. The van der Waals surface area contributed by atoms with Crippen LogP contribution < -0.4 is 15.5 Å². The Kier molecular flexibility index (Phi) is 5.13. The molecule has 0 aliphatic carbocycles. The van der Waals surface area contributed by atoms with Gasteiger partial charge in [0.25, 0.3) is 5.91 Å². The van der Waals surface area contributed by atoms with Crippen molar-refractivity contribution in [3.63, 3.8) is 0 Å². The number of nitrogens with zero attached hydrogens (tertiary/aromatic N) is 5. The van der Waals surface area contributed by atoms with Gasteiger partial charge in [-0.05, 0) is 54.7 Å². The molecular formula is C26H27N7O. The number of amides is 1. The van der Waals surface area contributed by atoms with Crippen LogP contribution in [-0.4, -0.2) is 38.6 Å². The lowest BCUT2D eigenvalue weighted by Crippen LogP contribution is -2.33. The normalized spacial score (nSPS) is 16.0. The fourth-order valence-electron chi connectivity index (χ4n) is 5.09. The minimum Gasteiger partial charge on any atom is -0.370 e. The number of benzene rings is 1. The number of pyridine rings is 1. The molecule has 8 heteroatoms. The third-order valence-corrected chi connectivity index (χ3v) is 7.09. The number of fused-ring (bicyclic) bond motifs is 2. The number of carbonyl (C=O) groups is 1. The molecular weight excluding hydrogens is 426 g/mol. The Labute approximate surface area is 198 Å². The second-order valence-corrected chi connectivity index (χ2v) is 9.00. The number of carbonyl (C=O) groups excluding carboxylic acids is 1. The van der Waals surface area contributed by atoms with Crippen molar-refractivity contribution in [2.75, 3.05) is 23.3 Å². The fourth-order valence-corrected chi connectivity index (χ4v) is 5.09. The van der Waals surface area contributed by atoms with E-state index in [9.17, 15) is 4.79 Å². The van der Waals surface area contributed by atoms with Gasteiger partial charge in [0.2, 0.25) is 0 Å². The molecule has 6 rings (SSSR count). The Bertz CT molecular complexity index is 1350. The van der Waals surface area contributed by atoms with Crippen LogP contribution in [0.5, 0.6) is 0 Å². The van der Waals surface area contributed by atoms with Crippen LogP contribution in [0, 0.1) is 5.92 Å². The summed E-state index contributed by atoms with van der Waals surface area (Å²) >= 11 is 0. The average molecular weight is 454 g/mol. The number of hydrogen-bond donors (Lipinski definition) is 2. The van der Waals surface area contributed by atoms with Crippen LogP contribution in [0.2, 0.25) is 0 Å². The predicted octanol–water partition coefficient (Wildman–Crippen LogP) is 4.40. The maximum Gasteiger partial charge on any atom is 0.254 e. The lowest BCUT2D eigenvalue weighted by molar-refractivity contribution is 0.0966. The van der Waals surface area contributed by atoms with Gasteiger partial charge in [0.05, 0.1) is 35.0 Å². The summed E-state index contributed by atoms with van der Waals surface area (Å²) in [6, 6.07) is 11.8. The van der Waals surface area contributed by atoms with Gasteiger partial charge in [-0.1, -0.05) is 19.4 Å². The van der Waals surface area contributed by atoms with Gasteiger partial charge in [0.1, 0.15) is 5.82 Å². The molecule has 34 heavy (non-hydrogen) atoms. The summed E-state index contributed by atoms with van der Waals surface area (Å²) < 4.78 is 1.80. The number of anilines is 3. The van der Waals surface area contributed by atoms with Gasteiger partial charge in [-0.3, -0.25) is 4.79 Å². The summed E-state index contributed by atoms with van der Waals surface area (Å²) in [7, 11) is 0. The molecule has 1 amide bonds. The lowest BCUT2D eigenvalue weighted by Gasteiger charge is -2.33. The lowest BCUT2D eigenvalue weighted by atomic mass is 9.94. The first-order chi connectivity index (χ1) is 16.7. The molecule has 1 aromatic carbocycles. The van der Waals surface area contributed by atoms with Crippen molar-refractivity contribution < 1.29 is 4.79 Å². The summed E-state index contributed by atoms with van der Waals surface area (Å²) in [5.74, 6) is 1.48. The van der Waals surface area contributed by atoms with Gasteiger partial charge in [0, 0.05) is 31.4 Å². The van der Waals surface area contributed by atoms with Crippen molar-refractivity contribution in [1.29, 1.82) is 0 Å². The summed E-state index contributed by atoms with van der Waals surface area (Å²) in [6.07, 6.45) is 9.21. The maximum absolute atomic E-state index is 12.8. The summed E-state index contributed by atoms with van der Waals surface area (Å²) in [6.45, 7) is 4.92. The number of hydrogen-bond acceptors (Lipinski definition) is 6. The molecule has 2 aliphatic heterocycles. The summed E-state index contributed by atoms with van der Waals surface area (Å²) in [4.78, 5) is 24.3. The van der Waals surface area contributed by atoms with E-state index in [4.69, 9.17) is 0 Å². The zero-order valence-electron chi connectivity index (χ0n) is 19.2. The molecule has 0 radical (unpaired) electrons. The van der Waals surface area contributed by atoms with Crippen LogP contribution >= 0.6 is 0 Å². The van der Waals surface area contributed by atoms with Crippen molar-refractivity contribution in [3.8, 4) is 11.3 Å². The highest BCUT2D eigenvalue weighted by Gasteiger charge is 2.27. The summed E-state index contributed by atoms with van der Waals surface area (Å²) in [5, 5.41) is 10.8. The van der Waals surface area contributed by atoms with Crippen LogP contribution in [0.15, 0.2) is 55.0 Å². The first-order valence-electron chi connectivity index (χ1n) is 11.9. The highest BCUT2D eigenvalue weighted by molar-refractivity contribution is 6.06. The monoisotopic (exact) mass is 453 g/mol. The molecule has 0 spiro atoms. The molecule has 1 fully saturated rings. The van der Waals surface area contributed by atoms with Crippen LogP contribution in [0.1, 0.15) is 42.1 Å². The zero-order chi connectivity index (χ0) is 23.1. The van der Waals surface area contributed by atoms with Crippen molar-refractivity contribution in [2.45, 2.75) is 32.7 Å². The molecule has 0 unspecified atom stereocenters. The minimum absolute atomic E-state index is 0.0865. The Morgan fingerprint density at radius 3 is 2.76 bits per heavy atom. The number of imidazole rings is 1. The molecule has 0 atom stereocenters. The second kappa shape index (κ2) is 8.44. The molecule has 3 aromatic heterocycles. The minimum atomic E-state index is -0.0865. The van der Waals surface area contributed by atoms with Crippen LogP contribution in [-0.2, 0) is 6.54 Å². The number of piperidine rings is 1. The Morgan fingerprint density at radius 1 is 1.09 bits per heavy atom. The first-order valence-corrected chi connectivity index (χ1v) is 11.9. The van der Waals surface area contributed by atoms with Crippen molar-refractivity contribution in [2.24, 2.45) is 5.92 Å². The molecule has 1 saturated heterocycles. The third kappa shape index (κ3) is 3.55. The maximum atomic E-state index is 12.8. The molecule has 0 saturated carbocycles. The van der Waals surface area contributed by atoms with Gasteiger partial charge in [0.15, 0.2) is 5.65 Å². The van der Waals surface area contributed by atoms with Crippen molar-refractivity contribution >= 4 is 28.7 Å². The third-order valence-electron chi connectivity index (χ3n) is 7.09. The number of nitrogens with one attached hydrogen (secondary N) is 2. The van der Waals surface area contributed by atoms with Crippen LogP contribution in [0.25, 0.3) is 16.9 Å². The fraction of sp³-hybridized carbons (Fsp3) is 0.308. The molecule has 2 aliphatic rings. The highest BCUT2D eigenvalue weighted by atomic mass is 16.1. The molecule has 5 heterocycles.